The van der Waals surface area contributed by atoms with Crippen LogP contribution >= 0.6 is 15.9 Å². The van der Waals surface area contributed by atoms with Gasteiger partial charge in [0.05, 0.1) is 15.9 Å². The third-order valence-corrected chi connectivity index (χ3v) is 4.86. The van der Waals surface area contributed by atoms with Crippen molar-refractivity contribution in [1.29, 1.82) is 0 Å². The molecule has 0 fully saturated rings. The zero-order valence-electron chi connectivity index (χ0n) is 13.3. The van der Waals surface area contributed by atoms with Crippen molar-refractivity contribution >= 4 is 15.9 Å². The molecule has 0 aliphatic rings. The lowest BCUT2D eigenvalue weighted by atomic mass is 9.88. The molecule has 4 heteroatoms. The number of rotatable bonds is 5. The Labute approximate surface area is 135 Å². The summed E-state index contributed by atoms with van der Waals surface area (Å²) < 4.78 is 3.16. The van der Waals surface area contributed by atoms with E-state index < -0.39 is 5.54 Å². The van der Waals surface area contributed by atoms with Gasteiger partial charge in [0.1, 0.15) is 0 Å². The van der Waals surface area contributed by atoms with E-state index in [-0.39, 0.29) is 0 Å². The second-order valence-corrected chi connectivity index (χ2v) is 6.63. The van der Waals surface area contributed by atoms with Crippen molar-refractivity contribution in [3.05, 3.63) is 51.3 Å². The SMILES string of the molecule is CCc1nn(CC)c(CC(C)(N)c2ccc(C)cc2)c1Br. The van der Waals surface area contributed by atoms with Crippen molar-refractivity contribution in [3.8, 4) is 0 Å². The molecule has 2 aromatic rings. The average molecular weight is 350 g/mol. The van der Waals surface area contributed by atoms with Crippen molar-refractivity contribution in [2.75, 3.05) is 0 Å². The molecule has 1 aromatic heterocycles. The first-order valence-electron chi connectivity index (χ1n) is 7.49. The first-order valence-corrected chi connectivity index (χ1v) is 8.28. The highest BCUT2D eigenvalue weighted by atomic mass is 79.9. The van der Waals surface area contributed by atoms with Crippen LogP contribution in [0.4, 0.5) is 0 Å². The van der Waals surface area contributed by atoms with Crippen LogP contribution in [0.25, 0.3) is 0 Å². The van der Waals surface area contributed by atoms with Crippen molar-refractivity contribution < 1.29 is 0 Å². The van der Waals surface area contributed by atoms with Crippen LogP contribution in [0, 0.1) is 6.92 Å². The van der Waals surface area contributed by atoms with Crippen LogP contribution in [0.2, 0.25) is 0 Å². The van der Waals surface area contributed by atoms with E-state index in [0.29, 0.717) is 0 Å². The van der Waals surface area contributed by atoms with E-state index in [2.05, 4.69) is 77.7 Å². The maximum atomic E-state index is 6.60. The first-order chi connectivity index (χ1) is 9.89. The topological polar surface area (TPSA) is 43.8 Å². The van der Waals surface area contributed by atoms with Gasteiger partial charge >= 0.3 is 0 Å². The number of hydrogen-bond donors (Lipinski definition) is 1. The summed E-state index contributed by atoms with van der Waals surface area (Å²) in [6, 6.07) is 8.47. The fourth-order valence-corrected chi connectivity index (χ4v) is 3.27. The Bertz CT molecular complexity index is 612. The second kappa shape index (κ2) is 6.32. The number of nitrogens with two attached hydrogens (primary N) is 1. The van der Waals surface area contributed by atoms with E-state index in [1.54, 1.807) is 0 Å². The predicted octanol–water partition coefficient (Wildman–Crippen LogP) is 3.95. The molecule has 3 nitrogen and oxygen atoms in total. The van der Waals surface area contributed by atoms with E-state index in [1.165, 1.54) is 11.3 Å². The number of benzene rings is 1. The van der Waals surface area contributed by atoms with Gasteiger partial charge in [0, 0.05) is 18.5 Å². The Hall–Kier alpha value is -1.13. The molecule has 0 saturated carbocycles. The van der Waals surface area contributed by atoms with E-state index in [1.807, 2.05) is 0 Å². The van der Waals surface area contributed by atoms with Gasteiger partial charge in [-0.15, -0.1) is 0 Å². The fraction of sp³-hybridized carbons (Fsp3) is 0.471. The minimum atomic E-state index is -0.409. The fourth-order valence-electron chi connectivity index (χ4n) is 2.57. The summed E-state index contributed by atoms with van der Waals surface area (Å²) >= 11 is 3.70. The minimum Gasteiger partial charge on any atom is -0.321 e. The van der Waals surface area contributed by atoms with E-state index in [9.17, 15) is 0 Å². The van der Waals surface area contributed by atoms with Crippen molar-refractivity contribution in [1.82, 2.24) is 9.78 Å². The molecule has 21 heavy (non-hydrogen) atoms. The van der Waals surface area contributed by atoms with Gasteiger partial charge in [-0.3, -0.25) is 4.68 Å². The summed E-state index contributed by atoms with van der Waals surface area (Å²) in [5, 5.41) is 4.65. The molecule has 0 spiro atoms. The van der Waals surface area contributed by atoms with Gasteiger partial charge in [0.15, 0.2) is 0 Å². The number of hydrogen-bond acceptors (Lipinski definition) is 2. The zero-order valence-corrected chi connectivity index (χ0v) is 14.9. The molecule has 0 amide bonds. The van der Waals surface area contributed by atoms with Gasteiger partial charge in [0.25, 0.3) is 0 Å². The molecular formula is C17H24BrN3. The lowest BCUT2D eigenvalue weighted by Crippen LogP contribution is -2.36. The van der Waals surface area contributed by atoms with E-state index >= 15 is 0 Å². The third kappa shape index (κ3) is 3.38. The molecule has 1 atom stereocenters. The smallest absolute Gasteiger partial charge is 0.0766 e. The third-order valence-electron chi connectivity index (χ3n) is 3.94. The van der Waals surface area contributed by atoms with Gasteiger partial charge in [-0.25, -0.2) is 0 Å². The molecule has 0 aliphatic heterocycles. The molecule has 0 radical (unpaired) electrons. The van der Waals surface area contributed by atoms with Gasteiger partial charge in [0.2, 0.25) is 0 Å². The van der Waals surface area contributed by atoms with Crippen LogP contribution in [-0.4, -0.2) is 9.78 Å². The summed E-state index contributed by atoms with van der Waals surface area (Å²) in [6.45, 7) is 9.27. The lowest BCUT2D eigenvalue weighted by Gasteiger charge is -2.26. The summed E-state index contributed by atoms with van der Waals surface area (Å²) in [5.41, 5.74) is 10.9. The first kappa shape index (κ1) is 16.2. The maximum Gasteiger partial charge on any atom is 0.0766 e. The Morgan fingerprint density at radius 1 is 1.24 bits per heavy atom. The highest BCUT2D eigenvalue weighted by molar-refractivity contribution is 9.10. The summed E-state index contributed by atoms with van der Waals surface area (Å²) in [4.78, 5) is 0. The largest absolute Gasteiger partial charge is 0.321 e. The van der Waals surface area contributed by atoms with Crippen LogP contribution in [0.3, 0.4) is 0 Å². The molecule has 0 bridgehead atoms. The second-order valence-electron chi connectivity index (χ2n) is 5.84. The minimum absolute atomic E-state index is 0.409. The van der Waals surface area contributed by atoms with Crippen molar-refractivity contribution in [2.24, 2.45) is 5.73 Å². The average Bonchev–Trinajstić information content (AvgIpc) is 2.75. The highest BCUT2D eigenvalue weighted by Crippen LogP contribution is 2.29. The molecule has 0 aliphatic carbocycles. The van der Waals surface area contributed by atoms with Crippen LogP contribution in [0.15, 0.2) is 28.7 Å². The molecule has 2 N–H and O–H groups in total. The van der Waals surface area contributed by atoms with Gasteiger partial charge < -0.3 is 5.73 Å². The standard InChI is InChI=1S/C17H24BrN3/c1-5-14-16(18)15(21(6-2)20-14)11-17(4,19)13-9-7-12(3)8-10-13/h7-10H,5-6,11,19H2,1-4H3. The Kier molecular flexibility index (Phi) is 4.89. The molecule has 0 saturated heterocycles. The van der Waals surface area contributed by atoms with Crippen LogP contribution < -0.4 is 5.73 Å². The molecule has 1 unspecified atom stereocenters. The predicted molar refractivity (Wildman–Crippen MR) is 91.4 cm³/mol. The van der Waals surface area contributed by atoms with Gasteiger partial charge in [-0.05, 0) is 48.7 Å². The number of aromatic nitrogens is 2. The van der Waals surface area contributed by atoms with Gasteiger partial charge in [-0.1, -0.05) is 36.8 Å². The molecule has 1 aromatic carbocycles. The van der Waals surface area contributed by atoms with Gasteiger partial charge in [-0.2, -0.15) is 5.10 Å². The maximum absolute atomic E-state index is 6.60. The Balaban J connectivity index is 2.36. The summed E-state index contributed by atoms with van der Waals surface area (Å²) in [6.07, 6.45) is 1.68. The zero-order chi connectivity index (χ0) is 15.6. The van der Waals surface area contributed by atoms with E-state index in [0.717, 1.165) is 35.1 Å². The highest BCUT2D eigenvalue weighted by Gasteiger charge is 2.26. The Morgan fingerprint density at radius 2 is 1.86 bits per heavy atom. The molecule has 1 heterocycles. The quantitative estimate of drug-likeness (QED) is 0.887. The van der Waals surface area contributed by atoms with E-state index in [4.69, 9.17) is 5.73 Å². The molecular weight excluding hydrogens is 326 g/mol. The monoisotopic (exact) mass is 349 g/mol. The normalized spacial score (nSPS) is 14.2. The van der Waals surface area contributed by atoms with Crippen LogP contribution in [0.1, 0.15) is 43.3 Å². The van der Waals surface area contributed by atoms with Crippen molar-refractivity contribution in [3.63, 3.8) is 0 Å². The molecule has 114 valence electrons. The number of aryl methyl sites for hydroxylation is 3. The summed E-state index contributed by atoms with van der Waals surface area (Å²) in [5.74, 6) is 0. The number of nitrogens with zero attached hydrogens (tertiary/aromatic N) is 2. The number of halogens is 1. The van der Waals surface area contributed by atoms with Crippen molar-refractivity contribution in [2.45, 2.75) is 52.6 Å². The Morgan fingerprint density at radius 3 is 2.38 bits per heavy atom. The van der Waals surface area contributed by atoms with Crippen LogP contribution in [-0.2, 0) is 24.9 Å². The lowest BCUT2D eigenvalue weighted by molar-refractivity contribution is 0.462. The van der Waals surface area contributed by atoms with Crippen LogP contribution in [0.5, 0.6) is 0 Å². The molecule has 2 rings (SSSR count). The summed E-state index contributed by atoms with van der Waals surface area (Å²) in [7, 11) is 0.